The van der Waals surface area contributed by atoms with Gasteiger partial charge in [0.2, 0.25) is 0 Å². The minimum Gasteiger partial charge on any atom is -0.354 e. The molecule has 0 fully saturated rings. The van der Waals surface area contributed by atoms with Gasteiger partial charge in [0.05, 0.1) is 0 Å². The molecule has 1 rings (SSSR count). The Morgan fingerprint density at radius 1 is 1.05 bits per heavy atom. The number of hydrogen-bond donors (Lipinski definition) is 0. The van der Waals surface area contributed by atoms with E-state index in [-0.39, 0.29) is 5.50 Å². The van der Waals surface area contributed by atoms with Gasteiger partial charge < -0.3 is 9.80 Å². The van der Waals surface area contributed by atoms with Gasteiger partial charge in [0.1, 0.15) is 0 Å². The Bertz CT molecular complexity index is 297. The van der Waals surface area contributed by atoms with Gasteiger partial charge in [-0.05, 0) is 68.2 Å². The maximum Gasteiger partial charge on any atom is 0.172 e. The molecule has 1 aliphatic heterocycles. The van der Waals surface area contributed by atoms with Crippen LogP contribution in [-0.4, -0.2) is 72.7 Å². The molecule has 0 spiro atoms. The zero-order chi connectivity index (χ0) is 15.0. The lowest BCUT2D eigenvalue weighted by Gasteiger charge is -2.23. The summed E-state index contributed by atoms with van der Waals surface area (Å²) in [5.74, 6) is 0. The number of aliphatic imine (C=N–C) groups is 1. The molecular formula is C14H30N4S2. The van der Waals surface area contributed by atoms with E-state index in [2.05, 4.69) is 49.7 Å². The highest BCUT2D eigenvalue weighted by Gasteiger charge is 2.23. The molecule has 0 aromatic carbocycles. The van der Waals surface area contributed by atoms with E-state index in [9.17, 15) is 0 Å². The van der Waals surface area contributed by atoms with E-state index in [0.29, 0.717) is 0 Å². The van der Waals surface area contributed by atoms with E-state index in [0.717, 1.165) is 13.1 Å². The fourth-order valence-electron chi connectivity index (χ4n) is 2.02. The minimum atomic E-state index is 0.272. The van der Waals surface area contributed by atoms with Gasteiger partial charge in [0, 0.05) is 13.6 Å². The average Bonchev–Trinajstić information content (AvgIpc) is 2.92. The highest BCUT2D eigenvalue weighted by molar-refractivity contribution is 8.82. The molecule has 1 atom stereocenters. The van der Waals surface area contributed by atoms with E-state index < -0.39 is 0 Å². The van der Waals surface area contributed by atoms with Gasteiger partial charge in [-0.1, -0.05) is 20.3 Å². The van der Waals surface area contributed by atoms with Crippen LogP contribution in [0, 0.1) is 0 Å². The van der Waals surface area contributed by atoms with Crippen molar-refractivity contribution in [2.75, 3.05) is 47.3 Å². The van der Waals surface area contributed by atoms with Crippen molar-refractivity contribution in [1.82, 2.24) is 14.7 Å². The Kier molecular flexibility index (Phi) is 9.00. The minimum absolute atomic E-state index is 0.272. The molecule has 0 aromatic rings. The largest absolute Gasteiger partial charge is 0.354 e. The van der Waals surface area contributed by atoms with Crippen LogP contribution in [0.1, 0.15) is 33.1 Å². The van der Waals surface area contributed by atoms with Gasteiger partial charge in [-0.25, -0.2) is 4.99 Å². The highest BCUT2D eigenvalue weighted by Crippen LogP contribution is 2.37. The van der Waals surface area contributed by atoms with Crippen LogP contribution >= 0.6 is 21.6 Å². The third-order valence-electron chi connectivity index (χ3n) is 3.44. The molecule has 0 N–H and O–H groups in total. The predicted octanol–water partition coefficient (Wildman–Crippen LogP) is 3.03. The van der Waals surface area contributed by atoms with E-state index >= 15 is 0 Å². The summed E-state index contributed by atoms with van der Waals surface area (Å²) in [5.41, 5.74) is 0.272. The first kappa shape index (κ1) is 18.1. The van der Waals surface area contributed by atoms with Crippen LogP contribution in [0.15, 0.2) is 4.99 Å². The van der Waals surface area contributed by atoms with Crippen LogP contribution in [0.2, 0.25) is 0 Å². The summed E-state index contributed by atoms with van der Waals surface area (Å²) >= 11 is 0. The number of amidine groups is 1. The molecule has 0 aliphatic carbocycles. The Hall–Kier alpha value is 0.0900. The summed E-state index contributed by atoms with van der Waals surface area (Å²) < 4.78 is 0. The van der Waals surface area contributed by atoms with Crippen molar-refractivity contribution >= 4 is 26.8 Å². The lowest BCUT2D eigenvalue weighted by molar-refractivity contribution is 0.271. The van der Waals surface area contributed by atoms with Gasteiger partial charge in [-0.2, -0.15) is 0 Å². The molecular weight excluding hydrogens is 288 g/mol. The van der Waals surface area contributed by atoms with Crippen molar-refractivity contribution in [2.24, 2.45) is 4.99 Å². The van der Waals surface area contributed by atoms with E-state index in [1.54, 1.807) is 10.8 Å². The van der Waals surface area contributed by atoms with Crippen molar-refractivity contribution < 1.29 is 0 Å². The Balaban J connectivity index is 2.26. The van der Waals surface area contributed by atoms with Crippen LogP contribution < -0.4 is 0 Å². The second-order valence-corrected chi connectivity index (χ2v) is 7.67. The smallest absolute Gasteiger partial charge is 0.172 e. The van der Waals surface area contributed by atoms with Gasteiger partial charge in [0.25, 0.3) is 0 Å². The summed E-state index contributed by atoms with van der Waals surface area (Å²) in [6, 6.07) is 0. The van der Waals surface area contributed by atoms with Crippen molar-refractivity contribution in [3.8, 4) is 0 Å². The number of unbranched alkanes of at least 4 members (excludes halogenated alkanes) is 1. The van der Waals surface area contributed by atoms with Gasteiger partial charge in [-0.15, -0.1) is 0 Å². The lowest BCUT2D eigenvalue weighted by Crippen LogP contribution is -2.30. The highest BCUT2D eigenvalue weighted by atomic mass is 33.1. The third kappa shape index (κ3) is 6.24. The second-order valence-electron chi connectivity index (χ2n) is 5.44. The molecule has 118 valence electrons. The fourth-order valence-corrected chi connectivity index (χ4v) is 4.61. The van der Waals surface area contributed by atoms with Gasteiger partial charge >= 0.3 is 0 Å². The summed E-state index contributed by atoms with van der Waals surface area (Å²) in [4.78, 5) is 11.7. The summed E-state index contributed by atoms with van der Waals surface area (Å²) in [6.07, 6.45) is 3.81. The van der Waals surface area contributed by atoms with Crippen molar-refractivity contribution in [3.63, 3.8) is 0 Å². The summed E-state index contributed by atoms with van der Waals surface area (Å²) in [6.45, 7) is 9.21. The van der Waals surface area contributed by atoms with Gasteiger partial charge in [0.15, 0.2) is 10.7 Å². The van der Waals surface area contributed by atoms with Gasteiger partial charge in [-0.3, -0.25) is 4.90 Å². The first-order chi connectivity index (χ1) is 9.58. The Labute approximate surface area is 132 Å². The first-order valence-corrected chi connectivity index (χ1v) is 9.80. The van der Waals surface area contributed by atoms with E-state index in [1.165, 1.54) is 37.5 Å². The quantitative estimate of drug-likeness (QED) is 0.608. The van der Waals surface area contributed by atoms with E-state index in [1.807, 2.05) is 10.8 Å². The standard InChI is InChI=1S/C14H30N4S2/c1-6-8-11-18(7-2)12-9-10-17(5)14-15-13(16(3)4)19-20-14/h13H,6-12H2,1-5H3. The molecule has 4 nitrogen and oxygen atoms in total. The molecule has 0 radical (unpaired) electrons. The normalized spacial score (nSPS) is 18.9. The molecule has 0 bridgehead atoms. The Morgan fingerprint density at radius 2 is 1.75 bits per heavy atom. The third-order valence-corrected chi connectivity index (χ3v) is 6.05. The predicted molar refractivity (Wildman–Crippen MR) is 94.4 cm³/mol. The zero-order valence-electron chi connectivity index (χ0n) is 13.6. The second kappa shape index (κ2) is 9.92. The maximum atomic E-state index is 4.74. The molecule has 0 aromatic heterocycles. The number of rotatable bonds is 9. The van der Waals surface area contributed by atoms with Crippen LogP contribution in [0.4, 0.5) is 0 Å². The van der Waals surface area contributed by atoms with Crippen molar-refractivity contribution in [1.29, 1.82) is 0 Å². The lowest BCUT2D eigenvalue weighted by atomic mass is 10.3. The zero-order valence-corrected chi connectivity index (χ0v) is 15.3. The average molecular weight is 319 g/mol. The monoisotopic (exact) mass is 318 g/mol. The molecule has 1 heterocycles. The molecule has 0 saturated carbocycles. The Morgan fingerprint density at radius 3 is 2.30 bits per heavy atom. The molecule has 0 saturated heterocycles. The topological polar surface area (TPSA) is 22.1 Å². The van der Waals surface area contributed by atoms with Crippen molar-refractivity contribution in [2.45, 2.75) is 38.6 Å². The molecule has 20 heavy (non-hydrogen) atoms. The number of nitrogens with zero attached hydrogens (tertiary/aromatic N) is 4. The first-order valence-electron chi connectivity index (χ1n) is 7.59. The van der Waals surface area contributed by atoms with Crippen LogP contribution in [0.25, 0.3) is 0 Å². The van der Waals surface area contributed by atoms with Crippen LogP contribution in [-0.2, 0) is 0 Å². The molecule has 1 unspecified atom stereocenters. The van der Waals surface area contributed by atoms with Crippen molar-refractivity contribution in [3.05, 3.63) is 0 Å². The molecule has 6 heteroatoms. The van der Waals surface area contributed by atoms with Crippen LogP contribution in [0.3, 0.4) is 0 Å². The summed E-state index contributed by atoms with van der Waals surface area (Å²) in [5, 5.41) is 1.17. The molecule has 0 amide bonds. The number of hydrogen-bond acceptors (Lipinski definition) is 6. The van der Waals surface area contributed by atoms with Crippen LogP contribution in [0.5, 0.6) is 0 Å². The SMILES string of the molecule is CCCCN(CC)CCCN(C)C1=NC(N(C)C)SS1. The maximum absolute atomic E-state index is 4.74. The van der Waals surface area contributed by atoms with E-state index in [4.69, 9.17) is 4.99 Å². The summed E-state index contributed by atoms with van der Waals surface area (Å²) in [7, 11) is 9.95. The fraction of sp³-hybridized carbons (Fsp3) is 0.929. The molecule has 1 aliphatic rings.